The van der Waals surface area contributed by atoms with Gasteiger partial charge < -0.3 is 4.42 Å². The summed E-state index contributed by atoms with van der Waals surface area (Å²) in [4.78, 5) is 25.7. The zero-order chi connectivity index (χ0) is 24.9. The molecule has 3 aromatic rings. The lowest BCUT2D eigenvalue weighted by molar-refractivity contribution is -0.129. The third-order valence-electron chi connectivity index (χ3n) is 9.61. The molecule has 0 unspecified atom stereocenters. The van der Waals surface area contributed by atoms with E-state index in [9.17, 15) is 9.59 Å². The van der Waals surface area contributed by atoms with Crippen molar-refractivity contribution in [3.8, 4) is 22.5 Å². The highest BCUT2D eigenvalue weighted by atomic mass is 16.4. The Balaban J connectivity index is 1.36. The van der Waals surface area contributed by atoms with E-state index < -0.39 is 0 Å². The minimum atomic E-state index is -0.272. The quantitative estimate of drug-likeness (QED) is 0.375. The van der Waals surface area contributed by atoms with Crippen LogP contribution in [0.25, 0.3) is 22.5 Å². The first-order valence-electron chi connectivity index (χ1n) is 13.9. The van der Waals surface area contributed by atoms with E-state index in [0.717, 1.165) is 80.2 Å². The summed E-state index contributed by atoms with van der Waals surface area (Å²) in [7, 11) is 0. The molecule has 4 atom stereocenters. The van der Waals surface area contributed by atoms with Gasteiger partial charge >= 0.3 is 5.63 Å². The van der Waals surface area contributed by atoms with Crippen molar-refractivity contribution >= 4 is 5.78 Å². The fourth-order valence-corrected chi connectivity index (χ4v) is 7.62. The molecule has 0 N–H and O–H groups in total. The molecule has 2 aromatic carbocycles. The van der Waals surface area contributed by atoms with E-state index in [0.29, 0.717) is 29.1 Å². The predicted octanol–water partition coefficient (Wildman–Crippen LogP) is 7.74. The van der Waals surface area contributed by atoms with Crippen LogP contribution >= 0.6 is 0 Å². The highest BCUT2D eigenvalue weighted by molar-refractivity contribution is 5.87. The second kappa shape index (κ2) is 9.18. The van der Waals surface area contributed by atoms with Crippen LogP contribution in [0.5, 0.6) is 0 Å². The highest BCUT2D eigenvalue weighted by Gasteiger charge is 2.54. The summed E-state index contributed by atoms with van der Waals surface area (Å²) in [6.45, 7) is 4.43. The monoisotopic (exact) mass is 480 g/mol. The van der Waals surface area contributed by atoms with Crippen LogP contribution in [-0.2, 0) is 17.6 Å². The number of carbonyl (C=O) groups is 1. The van der Waals surface area contributed by atoms with Crippen LogP contribution in [-0.4, -0.2) is 5.78 Å². The van der Waals surface area contributed by atoms with E-state index >= 15 is 0 Å². The third kappa shape index (κ3) is 3.79. The molecule has 0 radical (unpaired) electrons. The molecule has 0 spiro atoms. The normalized spacial score (nSPS) is 26.8. The maximum absolute atomic E-state index is 13.1. The molecule has 186 valence electrons. The van der Waals surface area contributed by atoms with Gasteiger partial charge in [-0.2, -0.15) is 0 Å². The lowest BCUT2D eigenvalue weighted by Crippen LogP contribution is -2.42. The summed E-state index contributed by atoms with van der Waals surface area (Å²) in [6, 6.07) is 18.6. The van der Waals surface area contributed by atoms with Crippen molar-refractivity contribution in [1.82, 2.24) is 0 Å². The topological polar surface area (TPSA) is 47.3 Å². The molecule has 1 heterocycles. The zero-order valence-electron chi connectivity index (χ0n) is 21.5. The standard InChI is InChI=1S/C33H36O3/c1-3-4-8-23-20-28(21-9-6-5-7-10-21)32(35)36-31(23)24-12-13-25-22(19-24)11-14-27-26(25)17-18-33(2)29(27)15-16-30(33)34/h5-7,9-10,12-13,19-20,26-27,29H,3-4,8,11,14-18H2,1-2H3/t26-,27-,29+,33+/m1/s1. The van der Waals surface area contributed by atoms with Crippen molar-refractivity contribution in [2.75, 3.05) is 0 Å². The molecule has 3 heteroatoms. The van der Waals surface area contributed by atoms with Crippen LogP contribution in [0.15, 0.2) is 63.8 Å². The first kappa shape index (κ1) is 23.5. The number of unbranched alkanes of at least 4 members (excludes halogenated alkanes) is 1. The SMILES string of the molecule is CCCCc1cc(-c2ccccc2)c(=O)oc1-c1ccc2c(c1)CC[C@@H]1[C@@H]2CC[C@]2(C)C(=O)CC[C@@H]12. The maximum atomic E-state index is 13.1. The fourth-order valence-electron chi connectivity index (χ4n) is 7.62. The minimum Gasteiger partial charge on any atom is -0.422 e. The molecule has 0 amide bonds. The van der Waals surface area contributed by atoms with Gasteiger partial charge in [-0.1, -0.05) is 62.7 Å². The Morgan fingerprint density at radius 1 is 0.944 bits per heavy atom. The highest BCUT2D eigenvalue weighted by Crippen LogP contribution is 2.59. The molecule has 0 saturated heterocycles. The molecule has 6 rings (SSSR count). The van der Waals surface area contributed by atoms with Crippen LogP contribution < -0.4 is 5.63 Å². The lowest BCUT2D eigenvalue weighted by atomic mass is 9.55. The lowest BCUT2D eigenvalue weighted by Gasteiger charge is -2.48. The second-order valence-corrected chi connectivity index (χ2v) is 11.5. The number of benzene rings is 2. The molecule has 3 aliphatic carbocycles. The van der Waals surface area contributed by atoms with Gasteiger partial charge in [-0.3, -0.25) is 4.79 Å². The zero-order valence-corrected chi connectivity index (χ0v) is 21.5. The molecule has 0 aliphatic heterocycles. The summed E-state index contributed by atoms with van der Waals surface area (Å²) >= 11 is 0. The molecule has 2 saturated carbocycles. The van der Waals surface area contributed by atoms with Crippen LogP contribution in [0, 0.1) is 17.3 Å². The van der Waals surface area contributed by atoms with E-state index in [2.05, 4.69) is 38.1 Å². The van der Waals surface area contributed by atoms with Gasteiger partial charge in [-0.15, -0.1) is 0 Å². The second-order valence-electron chi connectivity index (χ2n) is 11.5. The van der Waals surface area contributed by atoms with Gasteiger partial charge in [0.15, 0.2) is 0 Å². The smallest absolute Gasteiger partial charge is 0.344 e. The van der Waals surface area contributed by atoms with Crippen molar-refractivity contribution < 1.29 is 9.21 Å². The van der Waals surface area contributed by atoms with Gasteiger partial charge in [-0.05, 0) is 97.1 Å². The molecular weight excluding hydrogens is 444 g/mol. The number of fused-ring (bicyclic) bond motifs is 5. The fraction of sp³-hybridized carbons (Fsp3) is 0.455. The van der Waals surface area contributed by atoms with Crippen molar-refractivity contribution in [3.05, 3.63) is 81.7 Å². The number of hydrogen-bond donors (Lipinski definition) is 0. The summed E-state index contributed by atoms with van der Waals surface area (Å²) < 4.78 is 6.06. The van der Waals surface area contributed by atoms with Gasteiger partial charge in [0.2, 0.25) is 0 Å². The molecular formula is C33H36O3. The Kier molecular flexibility index (Phi) is 5.98. The number of aryl methyl sites for hydroxylation is 2. The average molecular weight is 481 g/mol. The van der Waals surface area contributed by atoms with E-state index in [1.54, 1.807) is 0 Å². The number of Topliss-reactive ketones (excluding diaryl/α,β-unsaturated/α-hetero) is 1. The molecule has 1 aromatic heterocycles. The van der Waals surface area contributed by atoms with Gasteiger partial charge in [0.25, 0.3) is 0 Å². The van der Waals surface area contributed by atoms with Gasteiger partial charge in [-0.25, -0.2) is 4.79 Å². The molecule has 2 fully saturated rings. The average Bonchev–Trinajstić information content (AvgIpc) is 3.22. The minimum absolute atomic E-state index is 0.0866. The first-order valence-corrected chi connectivity index (χ1v) is 13.9. The summed E-state index contributed by atoms with van der Waals surface area (Å²) in [6.07, 6.45) is 9.23. The third-order valence-corrected chi connectivity index (χ3v) is 9.61. The van der Waals surface area contributed by atoms with Crippen molar-refractivity contribution in [1.29, 1.82) is 0 Å². The predicted molar refractivity (Wildman–Crippen MR) is 144 cm³/mol. The molecule has 0 bridgehead atoms. The maximum Gasteiger partial charge on any atom is 0.344 e. The number of hydrogen-bond acceptors (Lipinski definition) is 3. The van der Waals surface area contributed by atoms with Crippen LogP contribution in [0.3, 0.4) is 0 Å². The van der Waals surface area contributed by atoms with Crippen LogP contribution in [0.1, 0.15) is 81.4 Å². The van der Waals surface area contributed by atoms with E-state index in [4.69, 9.17) is 4.42 Å². The van der Waals surface area contributed by atoms with Crippen molar-refractivity contribution in [3.63, 3.8) is 0 Å². The van der Waals surface area contributed by atoms with Gasteiger partial charge in [0.05, 0.1) is 5.56 Å². The van der Waals surface area contributed by atoms with Crippen LogP contribution in [0.4, 0.5) is 0 Å². The molecule has 36 heavy (non-hydrogen) atoms. The number of rotatable bonds is 5. The van der Waals surface area contributed by atoms with Gasteiger partial charge in [0.1, 0.15) is 11.5 Å². The summed E-state index contributed by atoms with van der Waals surface area (Å²) in [5, 5.41) is 0. The first-order chi connectivity index (χ1) is 17.5. The van der Waals surface area contributed by atoms with Crippen molar-refractivity contribution in [2.24, 2.45) is 17.3 Å². The Labute approximate surface area is 213 Å². The van der Waals surface area contributed by atoms with E-state index in [-0.39, 0.29) is 11.0 Å². The summed E-state index contributed by atoms with van der Waals surface area (Å²) in [5.41, 5.74) is 6.19. The number of ketones is 1. The summed E-state index contributed by atoms with van der Waals surface area (Å²) in [5.74, 6) is 2.95. The largest absolute Gasteiger partial charge is 0.422 e. The van der Waals surface area contributed by atoms with Crippen molar-refractivity contribution in [2.45, 2.75) is 77.6 Å². The van der Waals surface area contributed by atoms with Gasteiger partial charge in [0, 0.05) is 17.4 Å². The Morgan fingerprint density at radius 3 is 2.58 bits per heavy atom. The Bertz CT molecular complexity index is 1350. The molecule has 3 nitrogen and oxygen atoms in total. The molecule has 3 aliphatic rings. The van der Waals surface area contributed by atoms with E-state index in [1.807, 2.05) is 30.3 Å². The number of carbonyl (C=O) groups excluding carboxylic acids is 1. The van der Waals surface area contributed by atoms with Crippen LogP contribution in [0.2, 0.25) is 0 Å². The Morgan fingerprint density at radius 2 is 1.78 bits per heavy atom. The Hall–Kier alpha value is -2.94. The van der Waals surface area contributed by atoms with E-state index in [1.165, 1.54) is 11.1 Å².